The highest BCUT2D eigenvalue weighted by atomic mass is 16.2. The molecule has 49 heavy (non-hydrogen) atoms. The number of Topliss-reactive ketones (excluding diaryl/α,β-unsaturated/α-hetero) is 1. The van der Waals surface area contributed by atoms with E-state index in [1.807, 2.05) is 27.7 Å². The zero-order chi connectivity index (χ0) is 35.7. The van der Waals surface area contributed by atoms with Crippen molar-refractivity contribution in [1.29, 1.82) is 0 Å². The van der Waals surface area contributed by atoms with Gasteiger partial charge in [0.05, 0.1) is 12.6 Å². The van der Waals surface area contributed by atoms with Crippen LogP contribution < -0.4 is 26.6 Å². The maximum absolute atomic E-state index is 14.4. The summed E-state index contributed by atoms with van der Waals surface area (Å²) in [4.78, 5) is 87.2. The minimum atomic E-state index is -0.994. The molecule has 5 N–H and O–H groups in total. The SMILES string of the molecule is CCCC(NC(=O)[C@@H]1[C@@H](C(C)CC)CCN1C(=O)[C@@H](NC(=O)[C@@H](NC(=O)C1=NC=CNC1)C1CCCCC1)C(C)C)C(=O)C(=O)NC1CC1. The summed E-state index contributed by atoms with van der Waals surface area (Å²) in [5, 5.41) is 14.4. The molecule has 13 heteroatoms. The topological polar surface area (TPSA) is 178 Å². The number of aliphatic imine (C=N–C) groups is 1. The van der Waals surface area contributed by atoms with Crippen LogP contribution in [-0.4, -0.2) is 89.2 Å². The molecular weight excluding hydrogens is 626 g/mol. The van der Waals surface area contributed by atoms with Gasteiger partial charge in [0.2, 0.25) is 23.5 Å². The second-order valence-electron chi connectivity index (χ2n) is 14.6. The summed E-state index contributed by atoms with van der Waals surface area (Å²) in [6, 6.07) is -3.64. The van der Waals surface area contributed by atoms with Crippen molar-refractivity contribution in [2.75, 3.05) is 13.1 Å². The van der Waals surface area contributed by atoms with Crippen LogP contribution in [0.4, 0.5) is 0 Å². The first-order valence-corrected chi connectivity index (χ1v) is 18.5. The van der Waals surface area contributed by atoms with Crippen molar-refractivity contribution in [1.82, 2.24) is 31.5 Å². The van der Waals surface area contributed by atoms with Gasteiger partial charge in [0, 0.05) is 25.0 Å². The molecule has 1 saturated heterocycles. The lowest BCUT2D eigenvalue weighted by molar-refractivity contribution is -0.145. The normalized spacial score (nSPS) is 23.4. The first-order chi connectivity index (χ1) is 23.5. The Balaban J connectivity index is 1.54. The van der Waals surface area contributed by atoms with E-state index in [4.69, 9.17) is 0 Å². The number of nitrogens with one attached hydrogen (secondary N) is 5. The van der Waals surface area contributed by atoms with E-state index in [0.29, 0.717) is 25.8 Å². The van der Waals surface area contributed by atoms with Gasteiger partial charge in [-0.2, -0.15) is 0 Å². The standard InChI is InChI=1S/C36H57N7O6/c1-6-11-26(31(44)35(48)39-24-14-15-24)40-34(47)30-25(22(5)7-2)16-19-43(30)36(49)28(21(3)4)41-33(46)29(23-12-9-8-10-13-23)42-32(45)27-20-37-17-18-38-27/h17-18,21-26,28-30,37H,6-16,19-20H2,1-5H3,(H,39,48)(H,40,47)(H,41,46)(H,42,45)/t22?,25-,26?,28+,29+,30+/m1/s1. The van der Waals surface area contributed by atoms with Gasteiger partial charge in [0.1, 0.15) is 23.8 Å². The molecule has 2 aliphatic carbocycles. The maximum Gasteiger partial charge on any atom is 0.289 e. The minimum absolute atomic E-state index is 0.0107. The van der Waals surface area contributed by atoms with Gasteiger partial charge < -0.3 is 31.5 Å². The molecule has 13 nitrogen and oxygen atoms in total. The average Bonchev–Trinajstić information content (AvgIpc) is 3.81. The van der Waals surface area contributed by atoms with Crippen molar-refractivity contribution in [3.8, 4) is 0 Å². The van der Waals surface area contributed by atoms with E-state index in [0.717, 1.165) is 51.4 Å². The highest BCUT2D eigenvalue weighted by Gasteiger charge is 2.47. The first-order valence-electron chi connectivity index (χ1n) is 18.5. The van der Waals surface area contributed by atoms with Crippen LogP contribution in [0.2, 0.25) is 0 Å². The number of hydrogen-bond acceptors (Lipinski definition) is 8. The van der Waals surface area contributed by atoms with Crippen molar-refractivity contribution in [3.63, 3.8) is 0 Å². The van der Waals surface area contributed by atoms with Crippen molar-refractivity contribution in [2.24, 2.45) is 28.7 Å². The van der Waals surface area contributed by atoms with Crippen LogP contribution in [0.3, 0.4) is 0 Å². The van der Waals surface area contributed by atoms with Crippen LogP contribution in [0, 0.1) is 23.7 Å². The molecule has 2 unspecified atom stereocenters. The Morgan fingerprint density at radius 1 is 0.939 bits per heavy atom. The highest BCUT2D eigenvalue weighted by molar-refractivity contribution is 6.40. The summed E-state index contributed by atoms with van der Waals surface area (Å²) in [5.41, 5.74) is 0.277. The molecule has 2 aliphatic heterocycles. The Labute approximate surface area is 290 Å². The van der Waals surface area contributed by atoms with Gasteiger partial charge in [-0.3, -0.25) is 33.8 Å². The second kappa shape index (κ2) is 17.8. The molecule has 0 spiro atoms. The Hall–Kier alpha value is -3.77. The van der Waals surface area contributed by atoms with Crippen LogP contribution >= 0.6 is 0 Å². The summed E-state index contributed by atoms with van der Waals surface area (Å²) in [7, 11) is 0. The summed E-state index contributed by atoms with van der Waals surface area (Å²) < 4.78 is 0. The van der Waals surface area contributed by atoms with E-state index in [1.54, 1.807) is 11.1 Å². The number of carbonyl (C=O) groups is 6. The molecule has 0 bridgehead atoms. The third-order valence-corrected chi connectivity index (χ3v) is 10.6. The number of likely N-dealkylation sites (tertiary alicyclic amines) is 1. The van der Waals surface area contributed by atoms with Crippen LogP contribution in [0.1, 0.15) is 105 Å². The number of hydrogen-bond donors (Lipinski definition) is 5. The summed E-state index contributed by atoms with van der Waals surface area (Å²) in [5.74, 6) is -3.51. The number of carbonyl (C=O) groups excluding carboxylic acids is 6. The Kier molecular flexibility index (Phi) is 13.8. The Morgan fingerprint density at radius 2 is 1.65 bits per heavy atom. The molecule has 4 rings (SSSR count). The number of ketones is 1. The molecule has 3 fully saturated rings. The average molecular weight is 684 g/mol. The van der Waals surface area contributed by atoms with Crippen molar-refractivity contribution >= 4 is 41.0 Å². The van der Waals surface area contributed by atoms with Gasteiger partial charge >= 0.3 is 0 Å². The van der Waals surface area contributed by atoms with Crippen molar-refractivity contribution < 1.29 is 28.8 Å². The van der Waals surface area contributed by atoms with Gasteiger partial charge in [-0.05, 0) is 62.2 Å². The number of nitrogens with zero attached hydrogens (tertiary/aromatic N) is 2. The quantitative estimate of drug-likeness (QED) is 0.155. The van der Waals surface area contributed by atoms with Crippen LogP contribution in [0.15, 0.2) is 17.4 Å². The molecule has 272 valence electrons. The van der Waals surface area contributed by atoms with Gasteiger partial charge in [-0.15, -0.1) is 0 Å². The molecule has 0 radical (unpaired) electrons. The van der Waals surface area contributed by atoms with Gasteiger partial charge in [0.25, 0.3) is 11.8 Å². The third kappa shape index (κ3) is 9.91. The molecular formula is C36H57N7O6. The fourth-order valence-electron chi connectivity index (χ4n) is 7.30. The van der Waals surface area contributed by atoms with Crippen molar-refractivity contribution in [2.45, 2.75) is 135 Å². The predicted molar refractivity (Wildman–Crippen MR) is 186 cm³/mol. The van der Waals surface area contributed by atoms with Gasteiger partial charge in [-0.25, -0.2) is 0 Å². The van der Waals surface area contributed by atoms with E-state index >= 15 is 0 Å². The molecule has 5 amide bonds. The summed E-state index contributed by atoms with van der Waals surface area (Å²) >= 11 is 0. The zero-order valence-corrected chi connectivity index (χ0v) is 29.9. The van der Waals surface area contributed by atoms with E-state index in [1.165, 1.54) is 6.20 Å². The predicted octanol–water partition coefficient (Wildman–Crippen LogP) is 2.10. The molecule has 0 aromatic rings. The van der Waals surface area contributed by atoms with Crippen LogP contribution in [0.25, 0.3) is 0 Å². The van der Waals surface area contributed by atoms with Gasteiger partial charge in [0.15, 0.2) is 0 Å². The van der Waals surface area contributed by atoms with E-state index in [9.17, 15) is 28.8 Å². The lowest BCUT2D eigenvalue weighted by Gasteiger charge is -2.35. The molecule has 0 aromatic heterocycles. The minimum Gasteiger partial charge on any atom is -0.384 e. The molecule has 6 atom stereocenters. The largest absolute Gasteiger partial charge is 0.384 e. The lowest BCUT2D eigenvalue weighted by atomic mass is 9.83. The monoisotopic (exact) mass is 683 g/mol. The van der Waals surface area contributed by atoms with Gasteiger partial charge in [-0.1, -0.05) is 66.7 Å². The number of rotatable bonds is 16. The Morgan fingerprint density at radius 3 is 2.24 bits per heavy atom. The maximum atomic E-state index is 14.4. The van der Waals surface area contributed by atoms with Crippen molar-refractivity contribution in [3.05, 3.63) is 12.4 Å². The smallest absolute Gasteiger partial charge is 0.289 e. The molecule has 0 aromatic carbocycles. The van der Waals surface area contributed by atoms with E-state index in [2.05, 4.69) is 38.5 Å². The van der Waals surface area contributed by atoms with E-state index in [-0.39, 0.29) is 47.9 Å². The van der Waals surface area contributed by atoms with Crippen LogP contribution in [0.5, 0.6) is 0 Å². The summed E-state index contributed by atoms with van der Waals surface area (Å²) in [6.45, 7) is 10.2. The first kappa shape index (κ1) is 38.0. The fourth-order valence-corrected chi connectivity index (χ4v) is 7.30. The molecule has 2 heterocycles. The molecule has 4 aliphatic rings. The third-order valence-electron chi connectivity index (χ3n) is 10.6. The summed E-state index contributed by atoms with van der Waals surface area (Å²) in [6.07, 6.45) is 11.6. The van der Waals surface area contributed by atoms with Crippen LogP contribution in [-0.2, 0) is 28.8 Å². The Bertz CT molecular complexity index is 1290. The molecule has 2 saturated carbocycles. The second-order valence-corrected chi connectivity index (χ2v) is 14.6. The zero-order valence-electron chi connectivity index (χ0n) is 29.9. The lowest BCUT2D eigenvalue weighted by Crippen LogP contribution is -2.61. The highest BCUT2D eigenvalue weighted by Crippen LogP contribution is 2.34. The fraction of sp³-hybridized carbons (Fsp3) is 0.750. The van der Waals surface area contributed by atoms with E-state index < -0.39 is 53.6 Å². The number of amides is 5.